The molecule has 1 saturated carbocycles. The van der Waals surface area contributed by atoms with Gasteiger partial charge in [0.2, 0.25) is 0 Å². The minimum Gasteiger partial charge on any atom is -0.481 e. The number of benzene rings is 2. The van der Waals surface area contributed by atoms with Crippen LogP contribution in [0.1, 0.15) is 23.5 Å². The molecule has 1 aliphatic carbocycles. The fourth-order valence-corrected chi connectivity index (χ4v) is 3.41. The Balaban J connectivity index is 1.80. The summed E-state index contributed by atoms with van der Waals surface area (Å²) in [5, 5.41) is 14.5. The Morgan fingerprint density at radius 2 is 1.88 bits per heavy atom. The van der Waals surface area contributed by atoms with Crippen LogP contribution in [0.2, 0.25) is 0 Å². The number of aryl methyl sites for hydroxylation is 1. The summed E-state index contributed by atoms with van der Waals surface area (Å²) in [6.07, 6.45) is -1.97. The van der Waals surface area contributed by atoms with Crippen LogP contribution in [0.25, 0.3) is 22.0 Å². The molecule has 2 aromatic carbocycles. The van der Waals surface area contributed by atoms with Crippen molar-refractivity contribution in [2.75, 3.05) is 0 Å². The van der Waals surface area contributed by atoms with E-state index in [0.717, 1.165) is 28.6 Å². The number of aromatic nitrogens is 2. The Kier molecular flexibility index (Phi) is 3.57. The average Bonchev–Trinajstić information content (AvgIpc) is 3.28. The molecule has 134 valence electrons. The molecule has 0 spiro atoms. The molecule has 3 aromatic rings. The van der Waals surface area contributed by atoms with E-state index in [9.17, 15) is 23.1 Å². The lowest BCUT2D eigenvalue weighted by Crippen LogP contribution is -2.04. The Morgan fingerprint density at radius 1 is 1.19 bits per heavy atom. The standard InChI is InChI=1S/C19H15F3N2O2/c1-24-9-16-13(14-8-15(14)18(25)26)6-11(7-17(16)23-24)10-2-4-12(5-3-10)19(20,21)22/h2-7,9,14-15H,8H2,1H3,(H,25,26)/t14?,15-/m1/s1. The number of carbonyl (C=O) groups is 1. The van der Waals surface area contributed by atoms with Gasteiger partial charge in [0, 0.05) is 18.6 Å². The Bertz CT molecular complexity index is 1010. The summed E-state index contributed by atoms with van der Waals surface area (Å²) in [7, 11) is 1.78. The molecule has 4 nitrogen and oxygen atoms in total. The zero-order chi connectivity index (χ0) is 18.6. The van der Waals surface area contributed by atoms with Crippen molar-refractivity contribution in [3.8, 4) is 11.1 Å². The van der Waals surface area contributed by atoms with Gasteiger partial charge in [-0.15, -0.1) is 0 Å². The van der Waals surface area contributed by atoms with Crippen LogP contribution in [0.5, 0.6) is 0 Å². The van der Waals surface area contributed by atoms with Crippen LogP contribution in [0.3, 0.4) is 0 Å². The first-order valence-corrected chi connectivity index (χ1v) is 8.12. The number of carboxylic acids is 1. The predicted molar refractivity (Wildman–Crippen MR) is 89.6 cm³/mol. The highest BCUT2D eigenvalue weighted by molar-refractivity contribution is 5.89. The van der Waals surface area contributed by atoms with Gasteiger partial charge in [-0.2, -0.15) is 18.3 Å². The topological polar surface area (TPSA) is 55.1 Å². The van der Waals surface area contributed by atoms with Gasteiger partial charge in [0.15, 0.2) is 0 Å². The van der Waals surface area contributed by atoms with Gasteiger partial charge in [-0.1, -0.05) is 18.2 Å². The summed E-state index contributed by atoms with van der Waals surface area (Å²) in [5.41, 5.74) is 2.26. The maximum Gasteiger partial charge on any atom is 0.416 e. The number of fused-ring (bicyclic) bond motifs is 1. The highest BCUT2D eigenvalue weighted by Gasteiger charge is 2.45. The first-order valence-electron chi connectivity index (χ1n) is 8.12. The monoisotopic (exact) mass is 360 g/mol. The van der Waals surface area contributed by atoms with Crippen LogP contribution in [0, 0.1) is 5.92 Å². The first-order chi connectivity index (χ1) is 12.2. The molecular weight excluding hydrogens is 345 g/mol. The third-order valence-electron chi connectivity index (χ3n) is 4.82. The molecule has 4 rings (SSSR count). The molecule has 1 unspecified atom stereocenters. The Morgan fingerprint density at radius 3 is 2.46 bits per heavy atom. The number of rotatable bonds is 3. The zero-order valence-corrected chi connectivity index (χ0v) is 13.8. The van der Waals surface area contributed by atoms with Crippen molar-refractivity contribution in [3.05, 3.63) is 53.7 Å². The van der Waals surface area contributed by atoms with Crippen molar-refractivity contribution in [3.63, 3.8) is 0 Å². The zero-order valence-electron chi connectivity index (χ0n) is 13.8. The van der Waals surface area contributed by atoms with Gasteiger partial charge in [-0.3, -0.25) is 9.48 Å². The molecule has 0 saturated heterocycles. The summed E-state index contributed by atoms with van der Waals surface area (Å²) in [6, 6.07) is 8.65. The summed E-state index contributed by atoms with van der Waals surface area (Å²) in [5.74, 6) is -1.33. The second kappa shape index (κ2) is 5.59. The van der Waals surface area contributed by atoms with Crippen LogP contribution in [0.4, 0.5) is 13.2 Å². The van der Waals surface area contributed by atoms with Crippen LogP contribution in [0.15, 0.2) is 42.6 Å². The van der Waals surface area contributed by atoms with Crippen LogP contribution in [-0.2, 0) is 18.0 Å². The van der Waals surface area contributed by atoms with E-state index in [1.165, 1.54) is 12.1 Å². The normalized spacial score (nSPS) is 19.7. The molecule has 1 aromatic heterocycles. The Hall–Kier alpha value is -2.83. The lowest BCUT2D eigenvalue weighted by Gasteiger charge is -2.10. The van der Waals surface area contributed by atoms with Gasteiger partial charge >= 0.3 is 12.1 Å². The van der Waals surface area contributed by atoms with Crippen molar-refractivity contribution < 1.29 is 23.1 Å². The van der Waals surface area contributed by atoms with E-state index in [4.69, 9.17) is 0 Å². The van der Waals surface area contributed by atoms with Crippen LogP contribution in [-0.4, -0.2) is 20.9 Å². The van der Waals surface area contributed by atoms with Gasteiger partial charge in [0.1, 0.15) is 0 Å². The maximum absolute atomic E-state index is 12.8. The molecule has 0 aliphatic heterocycles. The molecule has 26 heavy (non-hydrogen) atoms. The molecule has 2 atom stereocenters. The first kappa shape index (κ1) is 16.6. The molecule has 1 N–H and O–H groups in total. The number of nitrogens with zero attached hydrogens (tertiary/aromatic N) is 2. The number of alkyl halides is 3. The summed E-state index contributed by atoms with van der Waals surface area (Å²) in [4.78, 5) is 11.2. The quantitative estimate of drug-likeness (QED) is 0.751. The molecular formula is C19H15F3N2O2. The van der Waals surface area contributed by atoms with Gasteiger partial charge in [0.05, 0.1) is 17.0 Å². The third kappa shape index (κ3) is 2.83. The van der Waals surface area contributed by atoms with Gasteiger partial charge in [0.25, 0.3) is 0 Å². The summed E-state index contributed by atoms with van der Waals surface area (Å²) in [6.45, 7) is 0. The molecule has 0 radical (unpaired) electrons. The maximum atomic E-state index is 12.8. The van der Waals surface area contributed by atoms with E-state index in [-0.39, 0.29) is 5.92 Å². The summed E-state index contributed by atoms with van der Waals surface area (Å²) >= 11 is 0. The van der Waals surface area contributed by atoms with E-state index >= 15 is 0 Å². The van der Waals surface area contributed by atoms with E-state index in [2.05, 4.69) is 5.10 Å². The smallest absolute Gasteiger partial charge is 0.416 e. The molecule has 0 amide bonds. The average molecular weight is 360 g/mol. The van der Waals surface area contributed by atoms with E-state index in [1.54, 1.807) is 11.7 Å². The van der Waals surface area contributed by atoms with Crippen LogP contribution < -0.4 is 0 Å². The second-order valence-electron chi connectivity index (χ2n) is 6.66. The SMILES string of the molecule is Cn1cc2c(C3C[C@H]3C(=O)O)cc(-c3ccc(C(F)(F)F)cc3)cc2n1. The molecule has 1 heterocycles. The molecule has 1 aliphatic rings. The summed E-state index contributed by atoms with van der Waals surface area (Å²) < 4.78 is 39.9. The predicted octanol–water partition coefficient (Wildman–Crippen LogP) is 4.45. The second-order valence-corrected chi connectivity index (χ2v) is 6.66. The fourth-order valence-electron chi connectivity index (χ4n) is 3.41. The molecule has 0 bridgehead atoms. The van der Waals surface area contributed by atoms with E-state index in [0.29, 0.717) is 17.5 Å². The van der Waals surface area contributed by atoms with Gasteiger partial charge < -0.3 is 5.11 Å². The van der Waals surface area contributed by atoms with Crippen molar-refractivity contribution in [1.29, 1.82) is 0 Å². The minimum atomic E-state index is -4.38. The van der Waals surface area contributed by atoms with Crippen molar-refractivity contribution in [1.82, 2.24) is 9.78 Å². The highest BCUT2D eigenvalue weighted by atomic mass is 19.4. The third-order valence-corrected chi connectivity index (χ3v) is 4.82. The number of halogens is 3. The lowest BCUT2D eigenvalue weighted by atomic mass is 9.96. The Labute approximate surface area is 146 Å². The number of hydrogen-bond donors (Lipinski definition) is 1. The van der Waals surface area contributed by atoms with Crippen molar-refractivity contribution in [2.24, 2.45) is 13.0 Å². The number of carboxylic acid groups (broad SMARTS) is 1. The van der Waals surface area contributed by atoms with Crippen molar-refractivity contribution >= 4 is 16.9 Å². The fraction of sp³-hybridized carbons (Fsp3) is 0.263. The van der Waals surface area contributed by atoms with E-state index < -0.39 is 23.6 Å². The largest absolute Gasteiger partial charge is 0.481 e. The molecule has 7 heteroatoms. The molecule has 1 fully saturated rings. The lowest BCUT2D eigenvalue weighted by molar-refractivity contribution is -0.139. The van der Waals surface area contributed by atoms with Crippen molar-refractivity contribution in [2.45, 2.75) is 18.5 Å². The highest BCUT2D eigenvalue weighted by Crippen LogP contribution is 2.50. The number of hydrogen-bond acceptors (Lipinski definition) is 2. The van der Waals surface area contributed by atoms with E-state index in [1.807, 2.05) is 18.3 Å². The van der Waals surface area contributed by atoms with Gasteiger partial charge in [-0.25, -0.2) is 0 Å². The van der Waals surface area contributed by atoms with Gasteiger partial charge in [-0.05, 0) is 47.2 Å². The number of aliphatic carboxylic acids is 1. The van der Waals surface area contributed by atoms with Crippen LogP contribution >= 0.6 is 0 Å². The minimum absolute atomic E-state index is 0.0893.